The fourth-order valence-electron chi connectivity index (χ4n) is 4.60. The van der Waals surface area contributed by atoms with Crippen LogP contribution < -0.4 is 9.47 Å². The van der Waals surface area contributed by atoms with Gasteiger partial charge >= 0.3 is 0 Å². The van der Waals surface area contributed by atoms with Crippen LogP contribution in [0.15, 0.2) is 42.5 Å². The number of benzene rings is 2. The summed E-state index contributed by atoms with van der Waals surface area (Å²) < 4.78 is 16.9. The second kappa shape index (κ2) is 9.65. The summed E-state index contributed by atoms with van der Waals surface area (Å²) in [4.78, 5) is 18.5. The first-order valence-corrected chi connectivity index (χ1v) is 11.3. The number of likely N-dealkylation sites (tertiary alicyclic amines) is 1. The number of rotatable bonds is 9. The highest BCUT2D eigenvalue weighted by Crippen LogP contribution is 2.45. The van der Waals surface area contributed by atoms with Crippen LogP contribution in [0.25, 0.3) is 22.2 Å². The highest BCUT2D eigenvalue weighted by Gasteiger charge is 2.35. The maximum absolute atomic E-state index is 12.8. The van der Waals surface area contributed by atoms with Crippen molar-refractivity contribution in [2.24, 2.45) is 0 Å². The third kappa shape index (κ3) is 4.32. The molecule has 1 saturated heterocycles. The van der Waals surface area contributed by atoms with Crippen molar-refractivity contribution in [3.05, 3.63) is 48.0 Å². The summed E-state index contributed by atoms with van der Waals surface area (Å²) in [5.41, 5.74) is 4.10. The summed E-state index contributed by atoms with van der Waals surface area (Å²) in [7, 11) is 3.34. The Bertz CT molecular complexity index is 1090. The summed E-state index contributed by atoms with van der Waals surface area (Å²) in [5, 5.41) is 1.13. The highest BCUT2D eigenvalue weighted by atomic mass is 16.5. The summed E-state index contributed by atoms with van der Waals surface area (Å²) >= 11 is 0. The normalized spacial score (nSPS) is 16.3. The number of amides is 1. The second-order valence-corrected chi connectivity index (χ2v) is 8.44. The van der Waals surface area contributed by atoms with Gasteiger partial charge in [0.05, 0.1) is 32.1 Å². The standard InChI is InChI=1S/C26H32N2O4/c1-17(2)32-15-7-14-28-22(11-13-24(28)29)25-19-8-5-6-9-21(19)27-26(25)20-16-18(30-3)10-12-23(20)31-4/h5-6,8-10,12,16-17,22,27H,7,11,13-15H2,1-4H3/t22-/m0/s1. The Kier molecular flexibility index (Phi) is 6.70. The summed E-state index contributed by atoms with van der Waals surface area (Å²) in [6, 6.07) is 14.1. The first kappa shape index (κ1) is 22.2. The number of hydrogen-bond donors (Lipinski definition) is 1. The first-order valence-electron chi connectivity index (χ1n) is 11.3. The number of carbonyl (C=O) groups excluding carboxylic acids is 1. The third-order valence-electron chi connectivity index (χ3n) is 6.08. The van der Waals surface area contributed by atoms with Crippen molar-refractivity contribution < 1.29 is 19.0 Å². The van der Waals surface area contributed by atoms with Gasteiger partial charge in [0.25, 0.3) is 0 Å². The number of aromatic amines is 1. The fourth-order valence-corrected chi connectivity index (χ4v) is 4.60. The number of ether oxygens (including phenoxy) is 3. The molecule has 0 radical (unpaired) electrons. The number of para-hydroxylation sites is 1. The first-order chi connectivity index (χ1) is 15.5. The molecule has 32 heavy (non-hydrogen) atoms. The van der Waals surface area contributed by atoms with E-state index in [9.17, 15) is 4.79 Å². The topological polar surface area (TPSA) is 63.8 Å². The Labute approximate surface area is 189 Å². The third-order valence-corrected chi connectivity index (χ3v) is 6.08. The molecule has 0 aliphatic carbocycles. The maximum Gasteiger partial charge on any atom is 0.223 e. The van der Waals surface area contributed by atoms with Gasteiger partial charge in [-0.25, -0.2) is 0 Å². The molecule has 0 unspecified atom stereocenters. The van der Waals surface area contributed by atoms with E-state index in [0.717, 1.165) is 52.1 Å². The minimum atomic E-state index is 0.00334. The summed E-state index contributed by atoms with van der Waals surface area (Å²) in [5.74, 6) is 1.73. The average molecular weight is 437 g/mol. The lowest BCUT2D eigenvalue weighted by Gasteiger charge is -2.26. The molecule has 1 aromatic heterocycles. The number of nitrogens with zero attached hydrogens (tertiary/aromatic N) is 1. The van der Waals surface area contributed by atoms with Crippen LogP contribution in [0.3, 0.4) is 0 Å². The van der Waals surface area contributed by atoms with Gasteiger partial charge < -0.3 is 24.1 Å². The molecule has 2 aromatic carbocycles. The number of hydrogen-bond acceptors (Lipinski definition) is 4. The van der Waals surface area contributed by atoms with Gasteiger partial charge in [0.1, 0.15) is 11.5 Å². The van der Waals surface area contributed by atoms with Gasteiger partial charge in [-0.15, -0.1) is 0 Å². The van der Waals surface area contributed by atoms with E-state index in [4.69, 9.17) is 14.2 Å². The van der Waals surface area contributed by atoms with E-state index in [1.165, 1.54) is 0 Å². The zero-order valence-electron chi connectivity index (χ0n) is 19.3. The minimum Gasteiger partial charge on any atom is -0.497 e. The van der Waals surface area contributed by atoms with Crippen LogP contribution in [-0.4, -0.2) is 49.3 Å². The number of nitrogens with one attached hydrogen (secondary N) is 1. The van der Waals surface area contributed by atoms with Crippen LogP contribution in [0.1, 0.15) is 44.7 Å². The van der Waals surface area contributed by atoms with Crippen LogP contribution in [0, 0.1) is 0 Å². The van der Waals surface area contributed by atoms with Crippen molar-refractivity contribution in [2.75, 3.05) is 27.4 Å². The molecular formula is C26H32N2O4. The second-order valence-electron chi connectivity index (χ2n) is 8.44. The van der Waals surface area contributed by atoms with Crippen molar-refractivity contribution in [1.82, 2.24) is 9.88 Å². The molecule has 0 bridgehead atoms. The van der Waals surface area contributed by atoms with Crippen molar-refractivity contribution in [3.63, 3.8) is 0 Å². The van der Waals surface area contributed by atoms with E-state index in [2.05, 4.69) is 17.1 Å². The molecule has 1 aliphatic rings. The summed E-state index contributed by atoms with van der Waals surface area (Å²) in [6.07, 6.45) is 2.37. The van der Waals surface area contributed by atoms with Crippen LogP contribution in [0.4, 0.5) is 0 Å². The van der Waals surface area contributed by atoms with Crippen molar-refractivity contribution in [1.29, 1.82) is 0 Å². The van der Waals surface area contributed by atoms with E-state index in [-0.39, 0.29) is 18.1 Å². The molecule has 1 aliphatic heterocycles. The van der Waals surface area contributed by atoms with Gasteiger partial charge in [0, 0.05) is 41.6 Å². The lowest BCUT2D eigenvalue weighted by molar-refractivity contribution is -0.129. The monoisotopic (exact) mass is 436 g/mol. The molecule has 170 valence electrons. The molecule has 3 aromatic rings. The maximum atomic E-state index is 12.8. The van der Waals surface area contributed by atoms with Gasteiger partial charge in [0.2, 0.25) is 5.91 Å². The van der Waals surface area contributed by atoms with Crippen LogP contribution >= 0.6 is 0 Å². The van der Waals surface area contributed by atoms with Crippen LogP contribution in [0.5, 0.6) is 11.5 Å². The van der Waals surface area contributed by atoms with E-state index >= 15 is 0 Å². The van der Waals surface area contributed by atoms with E-state index < -0.39 is 0 Å². The van der Waals surface area contributed by atoms with Crippen LogP contribution in [-0.2, 0) is 9.53 Å². The SMILES string of the molecule is COc1ccc(OC)c(-c2[nH]c3ccccc3c2[C@@H]2CCC(=O)N2CCCOC(C)C)c1. The number of H-pyrrole nitrogens is 1. The van der Waals surface area contributed by atoms with E-state index in [0.29, 0.717) is 19.6 Å². The molecule has 1 fully saturated rings. The Hall–Kier alpha value is -2.99. The molecule has 6 nitrogen and oxygen atoms in total. The van der Waals surface area contributed by atoms with E-state index in [1.54, 1.807) is 14.2 Å². The minimum absolute atomic E-state index is 0.00334. The largest absolute Gasteiger partial charge is 0.497 e. The van der Waals surface area contributed by atoms with Crippen molar-refractivity contribution in [2.45, 2.75) is 45.3 Å². The number of carbonyl (C=O) groups is 1. The van der Waals surface area contributed by atoms with Crippen molar-refractivity contribution in [3.8, 4) is 22.8 Å². The van der Waals surface area contributed by atoms with Gasteiger partial charge in [-0.1, -0.05) is 18.2 Å². The zero-order valence-corrected chi connectivity index (χ0v) is 19.3. The van der Waals surface area contributed by atoms with Gasteiger partial charge in [-0.3, -0.25) is 4.79 Å². The lowest BCUT2D eigenvalue weighted by atomic mass is 9.96. The predicted octanol–water partition coefficient (Wildman–Crippen LogP) is 5.33. The molecule has 2 heterocycles. The molecule has 1 amide bonds. The van der Waals surface area contributed by atoms with Gasteiger partial charge in [-0.05, 0) is 51.0 Å². The number of fused-ring (bicyclic) bond motifs is 1. The molecule has 4 rings (SSSR count). The summed E-state index contributed by atoms with van der Waals surface area (Å²) in [6.45, 7) is 5.40. The smallest absolute Gasteiger partial charge is 0.223 e. The molecular weight excluding hydrogens is 404 g/mol. The molecule has 0 saturated carbocycles. The Balaban J connectivity index is 1.78. The number of methoxy groups -OCH3 is 2. The quantitative estimate of drug-likeness (QED) is 0.461. The number of aromatic nitrogens is 1. The predicted molar refractivity (Wildman–Crippen MR) is 126 cm³/mol. The van der Waals surface area contributed by atoms with Crippen LogP contribution in [0.2, 0.25) is 0 Å². The molecule has 1 atom stereocenters. The Morgan fingerprint density at radius 2 is 1.94 bits per heavy atom. The molecule has 0 spiro atoms. The Morgan fingerprint density at radius 3 is 2.69 bits per heavy atom. The van der Waals surface area contributed by atoms with Gasteiger partial charge in [-0.2, -0.15) is 0 Å². The highest BCUT2D eigenvalue weighted by molar-refractivity contribution is 5.94. The average Bonchev–Trinajstić information content (AvgIpc) is 3.36. The van der Waals surface area contributed by atoms with Gasteiger partial charge in [0.15, 0.2) is 0 Å². The molecule has 1 N–H and O–H groups in total. The zero-order chi connectivity index (χ0) is 22.7. The van der Waals surface area contributed by atoms with E-state index in [1.807, 2.05) is 49.1 Å². The Morgan fingerprint density at radius 1 is 1.12 bits per heavy atom. The fraction of sp³-hybridized carbons (Fsp3) is 0.423. The molecule has 6 heteroatoms. The van der Waals surface area contributed by atoms with Crippen molar-refractivity contribution >= 4 is 16.8 Å². The lowest BCUT2D eigenvalue weighted by Crippen LogP contribution is -2.29.